The van der Waals surface area contributed by atoms with Crippen molar-refractivity contribution >= 4 is 44.2 Å². The molecule has 1 N–H and O–H groups in total. The van der Waals surface area contributed by atoms with E-state index in [1.807, 2.05) is 43.3 Å². The summed E-state index contributed by atoms with van der Waals surface area (Å²) >= 11 is 6.06. The van der Waals surface area contributed by atoms with Gasteiger partial charge < -0.3 is 10.2 Å². The lowest BCUT2D eigenvalue weighted by Gasteiger charge is -2.33. The molecule has 208 valence electrons. The van der Waals surface area contributed by atoms with Crippen molar-refractivity contribution in [3.63, 3.8) is 0 Å². The highest BCUT2D eigenvalue weighted by atomic mass is 35.5. The molecule has 0 spiro atoms. The number of hydrogen-bond donors (Lipinski definition) is 1. The highest BCUT2D eigenvalue weighted by Crippen LogP contribution is 2.23. The minimum absolute atomic E-state index is 0.101. The van der Waals surface area contributed by atoms with Crippen LogP contribution in [0.15, 0.2) is 71.6 Å². The number of benzene rings is 3. The van der Waals surface area contributed by atoms with E-state index in [-0.39, 0.29) is 23.4 Å². The number of hydrogen-bond acceptors (Lipinski definition) is 4. The van der Waals surface area contributed by atoms with Gasteiger partial charge in [0.05, 0.1) is 11.4 Å². The molecule has 0 unspecified atom stereocenters. The van der Waals surface area contributed by atoms with Crippen LogP contribution in [-0.4, -0.2) is 55.1 Å². The second-order valence-electron chi connectivity index (χ2n) is 10.2. The first-order chi connectivity index (χ1) is 18.7. The highest BCUT2D eigenvalue weighted by Gasteiger charge is 2.33. The molecule has 9 heteroatoms. The molecule has 1 aliphatic rings. The quantitative estimate of drug-likeness (QED) is 0.356. The Balaban J connectivity index is 1.56. The topological polar surface area (TPSA) is 86.8 Å². The minimum Gasteiger partial charge on any atom is -0.352 e. The van der Waals surface area contributed by atoms with Gasteiger partial charge in [-0.2, -0.15) is 4.31 Å². The van der Waals surface area contributed by atoms with Crippen LogP contribution >= 0.6 is 11.6 Å². The number of nitrogens with zero attached hydrogens (tertiary/aromatic N) is 2. The van der Waals surface area contributed by atoms with Crippen LogP contribution in [0.2, 0.25) is 5.02 Å². The second kappa shape index (κ2) is 12.9. The first kappa shape index (κ1) is 29.1. The molecule has 1 fully saturated rings. The lowest BCUT2D eigenvalue weighted by atomic mass is 9.95. The van der Waals surface area contributed by atoms with E-state index in [2.05, 4.69) is 5.32 Å². The molecular formula is C30H36ClN3O4S. The van der Waals surface area contributed by atoms with E-state index >= 15 is 0 Å². The summed E-state index contributed by atoms with van der Waals surface area (Å²) in [5.74, 6) is -0.644. The fraction of sp³-hybridized carbons (Fsp3) is 0.400. The number of sulfonamides is 1. The summed E-state index contributed by atoms with van der Waals surface area (Å²) in [4.78, 5) is 28.7. The minimum atomic E-state index is -3.95. The Morgan fingerprint density at radius 2 is 1.64 bits per heavy atom. The third-order valence-electron chi connectivity index (χ3n) is 7.39. The lowest BCUT2D eigenvalue weighted by molar-refractivity contribution is -0.141. The van der Waals surface area contributed by atoms with Crippen molar-refractivity contribution in [2.45, 2.75) is 69.0 Å². The Morgan fingerprint density at radius 1 is 0.974 bits per heavy atom. The van der Waals surface area contributed by atoms with E-state index in [1.165, 1.54) is 18.4 Å². The van der Waals surface area contributed by atoms with Gasteiger partial charge in [-0.1, -0.05) is 80.3 Å². The molecule has 0 saturated heterocycles. The number of likely N-dealkylation sites (N-methyl/N-ethyl adjacent to an activating group) is 1. The molecule has 0 heterocycles. The molecule has 0 aliphatic heterocycles. The Bertz CT molecular complexity index is 1410. The molecule has 39 heavy (non-hydrogen) atoms. The Kier molecular flexibility index (Phi) is 9.64. The summed E-state index contributed by atoms with van der Waals surface area (Å²) in [6.45, 7) is 1.63. The molecule has 1 atom stereocenters. The van der Waals surface area contributed by atoms with Crippen molar-refractivity contribution in [2.75, 3.05) is 13.6 Å². The van der Waals surface area contributed by atoms with E-state index in [9.17, 15) is 18.0 Å². The molecule has 1 saturated carbocycles. The zero-order chi connectivity index (χ0) is 28.0. The molecular weight excluding hydrogens is 534 g/mol. The third kappa shape index (κ3) is 7.18. The molecule has 7 nitrogen and oxygen atoms in total. The van der Waals surface area contributed by atoms with Gasteiger partial charge in [-0.15, -0.1) is 0 Å². The van der Waals surface area contributed by atoms with Crippen LogP contribution in [0, 0.1) is 0 Å². The van der Waals surface area contributed by atoms with Gasteiger partial charge in [-0.05, 0) is 59.9 Å². The summed E-state index contributed by atoms with van der Waals surface area (Å²) < 4.78 is 27.9. The van der Waals surface area contributed by atoms with Crippen LogP contribution in [0.5, 0.6) is 0 Å². The summed E-state index contributed by atoms with van der Waals surface area (Å²) in [5.41, 5.74) is 0.803. The average Bonchev–Trinajstić information content (AvgIpc) is 2.94. The van der Waals surface area contributed by atoms with E-state index < -0.39 is 28.5 Å². The fourth-order valence-corrected chi connectivity index (χ4v) is 6.41. The van der Waals surface area contributed by atoms with Crippen LogP contribution in [-0.2, 0) is 26.2 Å². The zero-order valence-electron chi connectivity index (χ0n) is 22.5. The van der Waals surface area contributed by atoms with Gasteiger partial charge in [0.2, 0.25) is 21.8 Å². The van der Waals surface area contributed by atoms with Crippen LogP contribution in [0.1, 0.15) is 51.0 Å². The monoisotopic (exact) mass is 569 g/mol. The summed E-state index contributed by atoms with van der Waals surface area (Å²) in [5, 5.41) is 5.44. The maximum atomic E-state index is 13.7. The second-order valence-corrected chi connectivity index (χ2v) is 12.7. The van der Waals surface area contributed by atoms with Gasteiger partial charge in [0.25, 0.3) is 0 Å². The van der Waals surface area contributed by atoms with Crippen molar-refractivity contribution in [3.05, 3.63) is 77.3 Å². The van der Waals surface area contributed by atoms with Crippen LogP contribution in [0.4, 0.5) is 0 Å². The molecule has 2 amide bonds. The lowest BCUT2D eigenvalue weighted by Crippen LogP contribution is -2.53. The van der Waals surface area contributed by atoms with Gasteiger partial charge in [0.15, 0.2) is 0 Å². The molecule has 1 aliphatic carbocycles. The van der Waals surface area contributed by atoms with Crippen molar-refractivity contribution in [1.82, 2.24) is 14.5 Å². The maximum Gasteiger partial charge on any atom is 0.243 e. The molecule has 3 aromatic carbocycles. The Hall–Kier alpha value is -2.94. The maximum absolute atomic E-state index is 13.7. The summed E-state index contributed by atoms with van der Waals surface area (Å²) in [6.07, 6.45) is 5.58. The van der Waals surface area contributed by atoms with Crippen molar-refractivity contribution in [1.29, 1.82) is 0 Å². The predicted molar refractivity (Wildman–Crippen MR) is 155 cm³/mol. The summed E-state index contributed by atoms with van der Waals surface area (Å²) in [6, 6.07) is 18.9. The van der Waals surface area contributed by atoms with Crippen molar-refractivity contribution in [3.8, 4) is 0 Å². The molecule has 0 radical (unpaired) electrons. The fourth-order valence-electron chi connectivity index (χ4n) is 5.12. The van der Waals surface area contributed by atoms with E-state index in [0.29, 0.717) is 11.4 Å². The number of halogens is 1. The average molecular weight is 570 g/mol. The Morgan fingerprint density at radius 3 is 2.31 bits per heavy atom. The van der Waals surface area contributed by atoms with Gasteiger partial charge in [0.1, 0.15) is 6.04 Å². The zero-order valence-corrected chi connectivity index (χ0v) is 24.0. The molecule has 0 bridgehead atoms. The van der Waals surface area contributed by atoms with Crippen LogP contribution in [0.3, 0.4) is 0 Å². The first-order valence-corrected chi connectivity index (χ1v) is 15.3. The van der Waals surface area contributed by atoms with E-state index in [0.717, 1.165) is 46.3 Å². The van der Waals surface area contributed by atoms with Gasteiger partial charge in [-0.25, -0.2) is 8.42 Å². The standard InChI is InChI=1S/C30H36ClN3O4S/c1-3-28(30(36)32-26-11-5-4-6-12-26)34(20-22-13-16-25(31)17-14-22)29(35)21-33(2)39(37,38)27-18-15-23-9-7-8-10-24(23)19-27/h7-10,13-19,26,28H,3-6,11-12,20-21H2,1-2H3,(H,32,36)/t28-/m1/s1. The van der Waals surface area contributed by atoms with Crippen LogP contribution in [0.25, 0.3) is 10.8 Å². The SMILES string of the molecule is CC[C@H](C(=O)NC1CCCCC1)N(Cc1ccc(Cl)cc1)C(=O)CN(C)S(=O)(=O)c1ccc2ccccc2c1. The smallest absolute Gasteiger partial charge is 0.243 e. The number of amides is 2. The third-order valence-corrected chi connectivity index (χ3v) is 9.44. The largest absolute Gasteiger partial charge is 0.352 e. The summed E-state index contributed by atoms with van der Waals surface area (Å²) in [7, 11) is -2.55. The van der Waals surface area contributed by atoms with Gasteiger partial charge in [-0.3, -0.25) is 9.59 Å². The normalized spacial score (nSPS) is 15.3. The molecule has 3 aromatic rings. The van der Waals surface area contributed by atoms with Crippen molar-refractivity contribution in [2.24, 2.45) is 0 Å². The number of carbonyl (C=O) groups is 2. The molecule has 4 rings (SSSR count). The number of fused-ring (bicyclic) bond motifs is 1. The first-order valence-electron chi connectivity index (χ1n) is 13.5. The molecule has 0 aromatic heterocycles. The van der Waals surface area contributed by atoms with Gasteiger partial charge >= 0.3 is 0 Å². The number of nitrogens with one attached hydrogen (secondary N) is 1. The highest BCUT2D eigenvalue weighted by molar-refractivity contribution is 7.89. The van der Waals surface area contributed by atoms with E-state index in [4.69, 9.17) is 11.6 Å². The van der Waals surface area contributed by atoms with Crippen LogP contribution < -0.4 is 5.32 Å². The van der Waals surface area contributed by atoms with E-state index in [1.54, 1.807) is 30.3 Å². The number of carbonyl (C=O) groups excluding carboxylic acids is 2. The van der Waals surface area contributed by atoms with Gasteiger partial charge in [0, 0.05) is 24.7 Å². The predicted octanol–water partition coefficient (Wildman–Crippen LogP) is 5.37. The number of rotatable bonds is 10. The van der Waals surface area contributed by atoms with Crippen molar-refractivity contribution < 1.29 is 18.0 Å². The Labute approximate surface area is 236 Å².